The van der Waals surface area contributed by atoms with E-state index in [9.17, 15) is 24.0 Å². The second kappa shape index (κ2) is 11.5. The molecule has 1 aromatic carbocycles. The van der Waals surface area contributed by atoms with Crippen molar-refractivity contribution in [3.8, 4) is 0 Å². The Morgan fingerprint density at radius 2 is 1.40 bits per heavy atom. The van der Waals surface area contributed by atoms with Gasteiger partial charge in [-0.2, -0.15) is 0 Å². The molecule has 11 heteroatoms. The highest BCUT2D eigenvalue weighted by Gasteiger charge is 2.30. The van der Waals surface area contributed by atoms with Crippen molar-refractivity contribution in [2.75, 3.05) is 0 Å². The van der Waals surface area contributed by atoms with E-state index in [1.54, 1.807) is 30.3 Å². The van der Waals surface area contributed by atoms with Gasteiger partial charge < -0.3 is 31.9 Å². The number of carboxylic acids is 2. The number of hydrogen-bond donors (Lipinski definition) is 6. The number of nitrogens with two attached hydrogens (primary N) is 1. The Morgan fingerprint density at radius 3 is 1.90 bits per heavy atom. The van der Waals surface area contributed by atoms with Gasteiger partial charge in [-0.15, -0.1) is 0 Å². The summed E-state index contributed by atoms with van der Waals surface area (Å²) in [5, 5.41) is 24.8. The highest BCUT2D eigenvalue weighted by Crippen LogP contribution is 2.05. The van der Waals surface area contributed by atoms with Gasteiger partial charge in [-0.3, -0.25) is 24.0 Å². The molecule has 164 valence electrons. The Kier molecular flexibility index (Phi) is 9.43. The molecule has 0 bridgehead atoms. The van der Waals surface area contributed by atoms with Gasteiger partial charge in [0.25, 0.3) is 0 Å². The van der Waals surface area contributed by atoms with Crippen molar-refractivity contribution in [3.05, 3.63) is 35.9 Å². The third-order valence-electron chi connectivity index (χ3n) is 4.07. The number of rotatable bonds is 11. The van der Waals surface area contributed by atoms with E-state index < -0.39 is 60.2 Å². The molecule has 0 aromatic heterocycles. The number of benzene rings is 1. The smallest absolute Gasteiger partial charge is 0.325 e. The van der Waals surface area contributed by atoms with Crippen LogP contribution in [0.5, 0.6) is 0 Å². The molecule has 0 fully saturated rings. The molecule has 0 aliphatic rings. The van der Waals surface area contributed by atoms with Crippen molar-refractivity contribution >= 4 is 29.7 Å². The lowest BCUT2D eigenvalue weighted by Gasteiger charge is -2.23. The molecule has 0 radical (unpaired) electrons. The topological polar surface area (TPSA) is 188 Å². The first-order valence-corrected chi connectivity index (χ1v) is 9.16. The fraction of sp³-hybridized carbons (Fsp3) is 0.421. The molecule has 0 spiro atoms. The molecule has 0 aliphatic carbocycles. The van der Waals surface area contributed by atoms with Crippen molar-refractivity contribution in [3.63, 3.8) is 0 Å². The summed E-state index contributed by atoms with van der Waals surface area (Å²) in [4.78, 5) is 59.1. The second-order valence-electron chi connectivity index (χ2n) is 6.77. The second-order valence-corrected chi connectivity index (χ2v) is 6.77. The average Bonchev–Trinajstić information content (AvgIpc) is 2.66. The van der Waals surface area contributed by atoms with Crippen LogP contribution in [0.25, 0.3) is 0 Å². The molecule has 1 rings (SSSR count). The monoisotopic (exact) mass is 422 g/mol. The summed E-state index contributed by atoms with van der Waals surface area (Å²) >= 11 is 0. The third-order valence-corrected chi connectivity index (χ3v) is 4.07. The van der Waals surface area contributed by atoms with Crippen LogP contribution in [0, 0.1) is 0 Å². The molecule has 30 heavy (non-hydrogen) atoms. The maximum absolute atomic E-state index is 12.8. The predicted molar refractivity (Wildman–Crippen MR) is 105 cm³/mol. The molecular formula is C19H26N4O7. The Bertz CT molecular complexity index is 782. The summed E-state index contributed by atoms with van der Waals surface area (Å²) in [7, 11) is 0. The van der Waals surface area contributed by atoms with Crippen LogP contribution in [-0.2, 0) is 30.4 Å². The number of carbonyl (C=O) groups is 5. The van der Waals surface area contributed by atoms with Crippen LogP contribution in [0.4, 0.5) is 0 Å². The van der Waals surface area contributed by atoms with Crippen LogP contribution in [0.15, 0.2) is 30.3 Å². The molecule has 0 aliphatic heterocycles. The number of carbonyl (C=O) groups excluding carboxylic acids is 3. The van der Waals surface area contributed by atoms with Crippen LogP contribution in [0.1, 0.15) is 25.8 Å². The zero-order valence-corrected chi connectivity index (χ0v) is 16.6. The first kappa shape index (κ1) is 24.6. The van der Waals surface area contributed by atoms with Gasteiger partial charge in [0.1, 0.15) is 18.1 Å². The summed E-state index contributed by atoms with van der Waals surface area (Å²) in [5.41, 5.74) is 6.24. The van der Waals surface area contributed by atoms with Crippen LogP contribution in [-0.4, -0.2) is 64.0 Å². The number of nitrogens with one attached hydrogen (secondary N) is 3. The summed E-state index contributed by atoms with van der Waals surface area (Å²) in [5.74, 6) is -5.09. The summed E-state index contributed by atoms with van der Waals surface area (Å²) in [6, 6.07) is 3.86. The van der Waals surface area contributed by atoms with Crippen LogP contribution < -0.4 is 21.7 Å². The zero-order valence-electron chi connectivity index (χ0n) is 16.6. The van der Waals surface area contributed by atoms with E-state index in [2.05, 4.69) is 16.0 Å². The minimum atomic E-state index is -1.54. The molecular weight excluding hydrogens is 396 g/mol. The first-order valence-electron chi connectivity index (χ1n) is 9.16. The van der Waals surface area contributed by atoms with E-state index in [1.165, 1.54) is 13.8 Å². The predicted octanol–water partition coefficient (Wildman–Crippen LogP) is -1.39. The lowest BCUT2D eigenvalue weighted by Crippen LogP contribution is -2.57. The summed E-state index contributed by atoms with van der Waals surface area (Å²) in [6.45, 7) is 2.63. The van der Waals surface area contributed by atoms with Gasteiger partial charge in [0.2, 0.25) is 17.7 Å². The Morgan fingerprint density at radius 1 is 0.867 bits per heavy atom. The molecule has 0 heterocycles. The lowest BCUT2D eigenvalue weighted by atomic mass is 10.0. The molecule has 0 saturated carbocycles. The maximum atomic E-state index is 12.8. The minimum absolute atomic E-state index is 0.0675. The maximum Gasteiger partial charge on any atom is 0.325 e. The van der Waals surface area contributed by atoms with Crippen LogP contribution in [0.2, 0.25) is 0 Å². The van der Waals surface area contributed by atoms with E-state index in [0.717, 1.165) is 0 Å². The van der Waals surface area contributed by atoms with Gasteiger partial charge in [-0.1, -0.05) is 30.3 Å². The first-order chi connectivity index (χ1) is 14.0. The number of amides is 3. The number of hydrogen-bond acceptors (Lipinski definition) is 6. The van der Waals surface area contributed by atoms with Gasteiger partial charge in [0.05, 0.1) is 12.5 Å². The Hall–Kier alpha value is -3.47. The molecule has 0 saturated heterocycles. The number of carboxylic acid groups (broad SMARTS) is 2. The number of aliphatic carboxylic acids is 2. The van der Waals surface area contributed by atoms with Gasteiger partial charge >= 0.3 is 11.9 Å². The van der Waals surface area contributed by atoms with Gasteiger partial charge in [0, 0.05) is 6.42 Å². The van der Waals surface area contributed by atoms with Crippen molar-refractivity contribution in [2.24, 2.45) is 5.73 Å². The molecule has 4 unspecified atom stereocenters. The van der Waals surface area contributed by atoms with Crippen LogP contribution >= 0.6 is 0 Å². The fourth-order valence-corrected chi connectivity index (χ4v) is 2.39. The highest BCUT2D eigenvalue weighted by molar-refractivity contribution is 5.95. The van der Waals surface area contributed by atoms with Gasteiger partial charge in [0.15, 0.2) is 0 Å². The zero-order chi connectivity index (χ0) is 22.8. The van der Waals surface area contributed by atoms with E-state index in [4.69, 9.17) is 15.9 Å². The van der Waals surface area contributed by atoms with Crippen molar-refractivity contribution in [1.29, 1.82) is 0 Å². The van der Waals surface area contributed by atoms with E-state index in [0.29, 0.717) is 5.56 Å². The fourth-order valence-electron chi connectivity index (χ4n) is 2.39. The van der Waals surface area contributed by atoms with Crippen molar-refractivity contribution < 1.29 is 34.2 Å². The van der Waals surface area contributed by atoms with Crippen molar-refractivity contribution in [2.45, 2.75) is 50.9 Å². The molecule has 1 aromatic rings. The molecule has 11 nitrogen and oxygen atoms in total. The average molecular weight is 422 g/mol. The Labute approximate surface area is 173 Å². The molecule has 4 atom stereocenters. The summed E-state index contributed by atoms with van der Waals surface area (Å²) in [6.07, 6.45) is -0.707. The third kappa shape index (κ3) is 8.27. The Balaban J connectivity index is 3.01. The van der Waals surface area contributed by atoms with Gasteiger partial charge in [-0.25, -0.2) is 0 Å². The van der Waals surface area contributed by atoms with E-state index in [1.807, 2.05) is 0 Å². The highest BCUT2D eigenvalue weighted by atomic mass is 16.4. The summed E-state index contributed by atoms with van der Waals surface area (Å²) < 4.78 is 0. The van der Waals surface area contributed by atoms with E-state index in [-0.39, 0.29) is 6.42 Å². The SMILES string of the molecule is CC(N)C(=O)NC(Cc1ccccc1)C(=O)NC(CC(=O)O)C(=O)NC(C)C(=O)O. The normalized spacial score (nSPS) is 14.5. The lowest BCUT2D eigenvalue weighted by molar-refractivity contribution is -0.143. The quantitative estimate of drug-likeness (QED) is 0.251. The largest absolute Gasteiger partial charge is 0.481 e. The van der Waals surface area contributed by atoms with Gasteiger partial charge in [-0.05, 0) is 19.4 Å². The minimum Gasteiger partial charge on any atom is -0.481 e. The molecule has 7 N–H and O–H groups in total. The van der Waals surface area contributed by atoms with Crippen LogP contribution in [0.3, 0.4) is 0 Å². The molecule has 3 amide bonds. The van der Waals surface area contributed by atoms with Crippen molar-refractivity contribution in [1.82, 2.24) is 16.0 Å². The van der Waals surface area contributed by atoms with E-state index >= 15 is 0 Å². The standard InChI is InChI=1S/C19H26N4O7/c1-10(20)16(26)22-13(8-12-6-4-3-5-7-12)18(28)23-14(9-15(24)25)17(27)21-11(2)19(29)30/h3-7,10-11,13-14H,8-9,20H2,1-2H3,(H,21,27)(H,22,26)(H,23,28)(H,24,25)(H,29,30).